The topological polar surface area (TPSA) is 88.2 Å². The maximum absolute atomic E-state index is 13.3. The van der Waals surface area contributed by atoms with Gasteiger partial charge < -0.3 is 9.64 Å². The number of ether oxygens (including phenoxy) is 1. The number of nitrogens with one attached hydrogen (secondary N) is 1. The number of rotatable bonds is 6. The van der Waals surface area contributed by atoms with E-state index in [1.54, 1.807) is 12.3 Å². The zero-order chi connectivity index (χ0) is 25.2. The van der Waals surface area contributed by atoms with Crippen LogP contribution in [0.25, 0.3) is 22.0 Å². The summed E-state index contributed by atoms with van der Waals surface area (Å²) in [6, 6.07) is 26.8. The van der Waals surface area contributed by atoms with E-state index in [9.17, 15) is 9.59 Å². The van der Waals surface area contributed by atoms with Crippen molar-refractivity contribution >= 4 is 22.4 Å². The SMILES string of the molecule is O=C(Cc1ccc(-c2n[nH]c(=O)c3ccccc23)cc1)N1CCc2ccc(OCc3ccccn3)cc21. The maximum Gasteiger partial charge on any atom is 0.272 e. The van der Waals surface area contributed by atoms with Crippen molar-refractivity contribution in [2.24, 2.45) is 0 Å². The number of carbonyl (C=O) groups is 1. The fraction of sp³-hybridized carbons (Fsp3) is 0.133. The molecule has 5 aromatic rings. The van der Waals surface area contributed by atoms with Crippen LogP contribution in [0.15, 0.2) is 95.9 Å². The number of carbonyl (C=O) groups excluding carboxylic acids is 1. The fourth-order valence-electron chi connectivity index (χ4n) is 4.73. The number of H-pyrrole nitrogens is 1. The monoisotopic (exact) mass is 488 g/mol. The molecule has 1 N–H and O–H groups in total. The molecular weight excluding hydrogens is 464 g/mol. The highest BCUT2D eigenvalue weighted by molar-refractivity contribution is 5.97. The Labute approximate surface area is 213 Å². The number of pyridine rings is 1. The van der Waals surface area contributed by atoms with E-state index in [0.717, 1.165) is 39.9 Å². The van der Waals surface area contributed by atoms with Crippen LogP contribution >= 0.6 is 0 Å². The number of hydrogen-bond donors (Lipinski definition) is 1. The second-order valence-electron chi connectivity index (χ2n) is 9.02. The molecule has 0 unspecified atom stereocenters. The second-order valence-corrected chi connectivity index (χ2v) is 9.02. The summed E-state index contributed by atoms with van der Waals surface area (Å²) in [5.41, 5.74) is 5.19. The van der Waals surface area contributed by atoms with E-state index in [1.165, 1.54) is 0 Å². The molecule has 0 saturated heterocycles. The molecule has 7 nitrogen and oxygen atoms in total. The van der Waals surface area contributed by atoms with Crippen LogP contribution in [0, 0.1) is 0 Å². The Bertz CT molecular complexity index is 1650. The minimum absolute atomic E-state index is 0.0426. The predicted molar refractivity (Wildman–Crippen MR) is 143 cm³/mol. The lowest BCUT2D eigenvalue weighted by Gasteiger charge is -2.18. The number of fused-ring (bicyclic) bond motifs is 2. The van der Waals surface area contributed by atoms with Crippen LogP contribution in [0.1, 0.15) is 16.8 Å². The summed E-state index contributed by atoms with van der Waals surface area (Å²) < 4.78 is 5.93. The maximum atomic E-state index is 13.3. The molecule has 0 fully saturated rings. The van der Waals surface area contributed by atoms with Crippen LogP contribution in [0.4, 0.5) is 5.69 Å². The number of aromatic nitrogens is 3. The van der Waals surface area contributed by atoms with E-state index in [4.69, 9.17) is 4.74 Å². The van der Waals surface area contributed by atoms with Crippen molar-refractivity contribution in [1.29, 1.82) is 0 Å². The summed E-state index contributed by atoms with van der Waals surface area (Å²) in [6.07, 6.45) is 2.86. The summed E-state index contributed by atoms with van der Waals surface area (Å²) in [5, 5.41) is 8.24. The third-order valence-electron chi connectivity index (χ3n) is 6.65. The van der Waals surface area contributed by atoms with E-state index in [0.29, 0.717) is 36.4 Å². The van der Waals surface area contributed by atoms with Gasteiger partial charge in [-0.05, 0) is 41.8 Å². The van der Waals surface area contributed by atoms with Gasteiger partial charge in [-0.3, -0.25) is 14.6 Å². The van der Waals surface area contributed by atoms with Gasteiger partial charge in [0.1, 0.15) is 12.4 Å². The lowest BCUT2D eigenvalue weighted by Crippen LogP contribution is -2.30. The Kier molecular flexibility index (Phi) is 5.94. The molecule has 1 aliphatic rings. The van der Waals surface area contributed by atoms with Gasteiger partial charge in [-0.15, -0.1) is 0 Å². The molecule has 7 heteroatoms. The molecule has 182 valence electrons. The Hall–Kier alpha value is -4.78. The van der Waals surface area contributed by atoms with Gasteiger partial charge in [0.25, 0.3) is 5.56 Å². The van der Waals surface area contributed by atoms with E-state index in [1.807, 2.05) is 83.8 Å². The molecule has 37 heavy (non-hydrogen) atoms. The van der Waals surface area contributed by atoms with Crippen molar-refractivity contribution < 1.29 is 9.53 Å². The summed E-state index contributed by atoms with van der Waals surface area (Å²) >= 11 is 0. The van der Waals surface area contributed by atoms with E-state index >= 15 is 0 Å². The van der Waals surface area contributed by atoms with Crippen molar-refractivity contribution in [2.75, 3.05) is 11.4 Å². The Morgan fingerprint density at radius 2 is 1.76 bits per heavy atom. The van der Waals surface area contributed by atoms with Gasteiger partial charge in [-0.25, -0.2) is 5.10 Å². The zero-order valence-electron chi connectivity index (χ0n) is 20.1. The largest absolute Gasteiger partial charge is 0.487 e. The molecule has 6 rings (SSSR count). The molecule has 2 aromatic heterocycles. The highest BCUT2D eigenvalue weighted by Crippen LogP contribution is 2.33. The first kappa shape index (κ1) is 22.7. The number of benzene rings is 3. The molecule has 0 spiro atoms. The summed E-state index contributed by atoms with van der Waals surface area (Å²) in [7, 11) is 0. The van der Waals surface area contributed by atoms with Gasteiger partial charge in [0, 0.05) is 29.8 Å². The highest BCUT2D eigenvalue weighted by Gasteiger charge is 2.25. The first-order valence-electron chi connectivity index (χ1n) is 12.2. The minimum atomic E-state index is -0.210. The molecule has 1 amide bonds. The third kappa shape index (κ3) is 4.59. The molecule has 3 heterocycles. The molecule has 0 aliphatic carbocycles. The minimum Gasteiger partial charge on any atom is -0.487 e. The lowest BCUT2D eigenvalue weighted by molar-refractivity contribution is -0.117. The smallest absolute Gasteiger partial charge is 0.272 e. The van der Waals surface area contributed by atoms with E-state index < -0.39 is 0 Å². The van der Waals surface area contributed by atoms with Crippen molar-refractivity contribution in [1.82, 2.24) is 15.2 Å². The number of amides is 1. The van der Waals surface area contributed by atoms with E-state index in [2.05, 4.69) is 15.2 Å². The van der Waals surface area contributed by atoms with Crippen LogP contribution in [0.3, 0.4) is 0 Å². The molecule has 0 bridgehead atoms. The molecule has 0 radical (unpaired) electrons. The first-order chi connectivity index (χ1) is 18.2. The molecule has 0 saturated carbocycles. The average Bonchev–Trinajstić information content (AvgIpc) is 3.37. The van der Waals surface area contributed by atoms with Crippen LogP contribution in [-0.4, -0.2) is 27.6 Å². The highest BCUT2D eigenvalue weighted by atomic mass is 16.5. The lowest BCUT2D eigenvalue weighted by atomic mass is 10.0. The van der Waals surface area contributed by atoms with Gasteiger partial charge in [0.05, 0.1) is 28.9 Å². The Morgan fingerprint density at radius 3 is 2.57 bits per heavy atom. The number of nitrogens with zero attached hydrogens (tertiary/aromatic N) is 3. The van der Waals surface area contributed by atoms with E-state index in [-0.39, 0.29) is 11.5 Å². The third-order valence-corrected chi connectivity index (χ3v) is 6.65. The fourth-order valence-corrected chi connectivity index (χ4v) is 4.73. The van der Waals surface area contributed by atoms with Gasteiger partial charge in [0.15, 0.2) is 0 Å². The molecule has 3 aromatic carbocycles. The molecule has 1 aliphatic heterocycles. The Morgan fingerprint density at radius 1 is 0.946 bits per heavy atom. The van der Waals surface area contributed by atoms with Crippen molar-refractivity contribution in [3.05, 3.63) is 118 Å². The Balaban J connectivity index is 1.17. The quantitative estimate of drug-likeness (QED) is 0.374. The average molecular weight is 489 g/mol. The van der Waals surface area contributed by atoms with Gasteiger partial charge in [0.2, 0.25) is 5.91 Å². The predicted octanol–water partition coefficient (Wildman–Crippen LogP) is 4.70. The number of anilines is 1. The number of hydrogen-bond acceptors (Lipinski definition) is 5. The normalized spacial score (nSPS) is 12.5. The van der Waals surface area contributed by atoms with Crippen molar-refractivity contribution in [3.8, 4) is 17.0 Å². The standard InChI is InChI=1S/C30H24N4O3/c35-28(34-16-14-21-12-13-24(18-27(21)34)37-19-23-5-3-4-15-31-23)17-20-8-10-22(11-9-20)29-25-6-1-2-7-26(25)30(36)33-32-29/h1-13,15,18H,14,16-17,19H2,(H,33,36). The van der Waals surface area contributed by atoms with Gasteiger partial charge in [-0.2, -0.15) is 5.10 Å². The first-order valence-corrected chi connectivity index (χ1v) is 12.2. The van der Waals surface area contributed by atoms with Gasteiger partial charge in [-0.1, -0.05) is 54.6 Å². The summed E-state index contributed by atoms with van der Waals surface area (Å²) in [4.78, 5) is 31.5. The number of aromatic amines is 1. The van der Waals surface area contributed by atoms with Crippen molar-refractivity contribution in [2.45, 2.75) is 19.4 Å². The zero-order valence-corrected chi connectivity index (χ0v) is 20.1. The van der Waals surface area contributed by atoms with Crippen LogP contribution in [0.2, 0.25) is 0 Å². The van der Waals surface area contributed by atoms with Crippen LogP contribution in [0.5, 0.6) is 5.75 Å². The second kappa shape index (κ2) is 9.70. The summed E-state index contributed by atoms with van der Waals surface area (Å²) in [5.74, 6) is 0.759. The van der Waals surface area contributed by atoms with Crippen molar-refractivity contribution in [3.63, 3.8) is 0 Å². The van der Waals surface area contributed by atoms with Crippen LogP contribution < -0.4 is 15.2 Å². The summed E-state index contributed by atoms with van der Waals surface area (Å²) in [6.45, 7) is 1.03. The molecular formula is C30H24N4O3. The van der Waals surface area contributed by atoms with Crippen LogP contribution in [-0.2, 0) is 24.2 Å². The van der Waals surface area contributed by atoms with Gasteiger partial charge >= 0.3 is 0 Å². The molecule has 0 atom stereocenters.